The van der Waals surface area contributed by atoms with Crippen LogP contribution in [0.3, 0.4) is 0 Å². The van der Waals surface area contributed by atoms with Crippen LogP contribution in [0, 0.1) is 17.3 Å². The lowest BCUT2D eigenvalue weighted by Crippen LogP contribution is -2.41. The third kappa shape index (κ3) is 7.56. The van der Waals surface area contributed by atoms with Crippen molar-refractivity contribution in [1.29, 1.82) is 0 Å². The summed E-state index contributed by atoms with van der Waals surface area (Å²) in [5, 5.41) is 6.45. The second-order valence-corrected chi connectivity index (χ2v) is 9.43. The number of methoxy groups -OCH3 is 1. The van der Waals surface area contributed by atoms with Gasteiger partial charge in [0.2, 0.25) is 0 Å². The lowest BCUT2D eigenvalue weighted by molar-refractivity contribution is -0.231. The minimum Gasteiger partial charge on any atom is -0.497 e. The Labute approximate surface area is 182 Å². The molecular weight excluding hydrogens is 380 g/mol. The molecule has 170 valence electrons. The van der Waals surface area contributed by atoms with E-state index in [1.54, 1.807) is 7.11 Å². The van der Waals surface area contributed by atoms with Gasteiger partial charge < -0.3 is 24.0 Å². The molecule has 0 bridgehead atoms. The van der Waals surface area contributed by atoms with Crippen LogP contribution in [0.25, 0.3) is 0 Å². The number of hydrogen-bond donors (Lipinski definition) is 0. The third-order valence-electron chi connectivity index (χ3n) is 5.56. The Balaban J connectivity index is 2.07. The van der Waals surface area contributed by atoms with E-state index < -0.39 is 0 Å². The Hall–Kier alpha value is -1.63. The highest BCUT2D eigenvalue weighted by molar-refractivity contribution is 5.84. The van der Waals surface area contributed by atoms with Crippen LogP contribution in [0.2, 0.25) is 0 Å². The Kier molecular flexibility index (Phi) is 9.13. The van der Waals surface area contributed by atoms with Gasteiger partial charge in [-0.05, 0) is 30.5 Å². The molecule has 1 aromatic rings. The molecule has 2 rings (SSSR count). The predicted octanol–water partition coefficient (Wildman–Crippen LogP) is 4.58. The first-order valence-electron chi connectivity index (χ1n) is 10.8. The summed E-state index contributed by atoms with van der Waals surface area (Å²) >= 11 is 0. The monoisotopic (exact) mass is 420 g/mol. The first-order chi connectivity index (χ1) is 14.1. The number of hydrazone groups is 1. The third-order valence-corrected chi connectivity index (χ3v) is 5.56. The Morgan fingerprint density at radius 1 is 1.17 bits per heavy atom. The predicted molar refractivity (Wildman–Crippen MR) is 121 cm³/mol. The van der Waals surface area contributed by atoms with Gasteiger partial charge in [-0.15, -0.1) is 0 Å². The van der Waals surface area contributed by atoms with Crippen LogP contribution in [-0.2, 0) is 20.8 Å². The molecular formula is C24H40N2O4. The molecule has 1 aliphatic heterocycles. The van der Waals surface area contributed by atoms with Crippen LogP contribution in [0.4, 0.5) is 0 Å². The molecule has 0 saturated carbocycles. The summed E-state index contributed by atoms with van der Waals surface area (Å²) in [5.74, 6) is 1.26. The molecule has 6 heteroatoms. The van der Waals surface area contributed by atoms with Crippen LogP contribution in [0.5, 0.6) is 5.75 Å². The van der Waals surface area contributed by atoms with Gasteiger partial charge in [-0.1, -0.05) is 39.8 Å². The lowest BCUT2D eigenvalue weighted by atomic mass is 9.87. The molecule has 1 saturated heterocycles. The molecule has 1 aromatic carbocycles. The largest absolute Gasteiger partial charge is 0.497 e. The van der Waals surface area contributed by atoms with Crippen molar-refractivity contribution in [3.8, 4) is 5.75 Å². The standard InChI is InChI=1S/C24H40N2O4/c1-17(13-22-29-15-24(4,5)16-30-22)23(18(2)19(3)25-26(6)7)28-14-20-9-11-21(27-8)12-10-20/h9-12,17-18,22-23H,13-16H2,1-8H3/b25-19+/t17-,18+,23-/m1/s1. The van der Waals surface area contributed by atoms with Gasteiger partial charge in [-0.3, -0.25) is 0 Å². The van der Waals surface area contributed by atoms with Crippen molar-refractivity contribution in [2.75, 3.05) is 34.4 Å². The topological polar surface area (TPSA) is 52.5 Å². The fourth-order valence-electron chi connectivity index (χ4n) is 3.66. The second-order valence-electron chi connectivity index (χ2n) is 9.43. The Morgan fingerprint density at radius 2 is 1.77 bits per heavy atom. The van der Waals surface area contributed by atoms with Crippen LogP contribution >= 0.6 is 0 Å². The fourth-order valence-corrected chi connectivity index (χ4v) is 3.66. The quantitative estimate of drug-likeness (QED) is 0.410. The summed E-state index contributed by atoms with van der Waals surface area (Å²) in [6, 6.07) is 8.01. The molecule has 0 radical (unpaired) electrons. The average Bonchev–Trinajstić information content (AvgIpc) is 2.69. The summed E-state index contributed by atoms with van der Waals surface area (Å²) in [4.78, 5) is 0. The van der Waals surface area contributed by atoms with Gasteiger partial charge in [0.1, 0.15) is 5.75 Å². The van der Waals surface area contributed by atoms with Crippen molar-refractivity contribution < 1.29 is 18.9 Å². The number of rotatable bonds is 10. The number of benzene rings is 1. The smallest absolute Gasteiger partial charge is 0.157 e. The molecule has 0 spiro atoms. The zero-order valence-corrected chi connectivity index (χ0v) is 20.0. The highest BCUT2D eigenvalue weighted by atomic mass is 16.7. The van der Waals surface area contributed by atoms with E-state index >= 15 is 0 Å². The van der Waals surface area contributed by atoms with Gasteiger partial charge in [0, 0.05) is 37.6 Å². The van der Waals surface area contributed by atoms with Crippen molar-refractivity contribution in [3.63, 3.8) is 0 Å². The zero-order chi connectivity index (χ0) is 22.3. The van der Waals surface area contributed by atoms with E-state index in [1.807, 2.05) is 43.4 Å². The Morgan fingerprint density at radius 3 is 2.30 bits per heavy atom. The zero-order valence-electron chi connectivity index (χ0n) is 20.0. The minimum atomic E-state index is -0.182. The van der Waals surface area contributed by atoms with Crippen molar-refractivity contribution in [2.45, 2.75) is 60.0 Å². The molecule has 1 fully saturated rings. The SMILES string of the molecule is COc1ccc(CO[C@H]([C@H](C)CC2OCC(C)(C)CO2)[C@@H](C)/C(C)=N/N(C)C)cc1. The highest BCUT2D eigenvalue weighted by Gasteiger charge is 2.33. The molecule has 3 atom stereocenters. The molecule has 0 N–H and O–H groups in total. The van der Waals surface area contributed by atoms with Gasteiger partial charge in [0.25, 0.3) is 0 Å². The lowest BCUT2D eigenvalue weighted by Gasteiger charge is -2.37. The molecule has 1 aliphatic rings. The molecule has 1 heterocycles. The maximum absolute atomic E-state index is 6.46. The van der Waals surface area contributed by atoms with Gasteiger partial charge in [0.15, 0.2) is 6.29 Å². The molecule has 0 amide bonds. The highest BCUT2D eigenvalue weighted by Crippen LogP contribution is 2.30. The summed E-state index contributed by atoms with van der Waals surface area (Å²) in [6.45, 7) is 12.8. The fraction of sp³-hybridized carbons (Fsp3) is 0.708. The second kappa shape index (κ2) is 11.1. The number of nitrogens with zero attached hydrogens (tertiary/aromatic N) is 2. The number of ether oxygens (including phenoxy) is 4. The maximum atomic E-state index is 6.46. The average molecular weight is 421 g/mol. The van der Waals surface area contributed by atoms with Crippen molar-refractivity contribution in [1.82, 2.24) is 5.01 Å². The normalized spacial score (nSPS) is 20.5. The Bertz CT molecular complexity index is 662. The van der Waals surface area contributed by atoms with Gasteiger partial charge in [0.05, 0.1) is 33.0 Å². The summed E-state index contributed by atoms with van der Waals surface area (Å²) in [6.07, 6.45) is 0.611. The van der Waals surface area contributed by atoms with Crippen molar-refractivity contribution in [2.24, 2.45) is 22.4 Å². The molecule has 0 aromatic heterocycles. The van der Waals surface area contributed by atoms with Gasteiger partial charge >= 0.3 is 0 Å². The van der Waals surface area contributed by atoms with Crippen LogP contribution in [0.15, 0.2) is 29.4 Å². The number of hydrogen-bond acceptors (Lipinski definition) is 6. The molecule has 0 aliphatic carbocycles. The van der Waals surface area contributed by atoms with E-state index in [4.69, 9.17) is 18.9 Å². The van der Waals surface area contributed by atoms with E-state index in [0.29, 0.717) is 6.61 Å². The van der Waals surface area contributed by atoms with Crippen LogP contribution < -0.4 is 4.74 Å². The molecule has 30 heavy (non-hydrogen) atoms. The first-order valence-corrected chi connectivity index (χ1v) is 10.8. The van der Waals surface area contributed by atoms with E-state index in [-0.39, 0.29) is 29.6 Å². The van der Waals surface area contributed by atoms with Crippen molar-refractivity contribution in [3.05, 3.63) is 29.8 Å². The van der Waals surface area contributed by atoms with E-state index in [2.05, 4.69) is 39.7 Å². The summed E-state index contributed by atoms with van der Waals surface area (Å²) in [5.41, 5.74) is 2.25. The summed E-state index contributed by atoms with van der Waals surface area (Å²) in [7, 11) is 5.56. The van der Waals surface area contributed by atoms with Crippen LogP contribution in [-0.4, -0.2) is 57.5 Å². The van der Waals surface area contributed by atoms with E-state index in [1.165, 1.54) is 0 Å². The first kappa shape index (κ1) is 24.6. The molecule has 6 nitrogen and oxygen atoms in total. The van der Waals surface area contributed by atoms with Crippen molar-refractivity contribution >= 4 is 5.71 Å². The maximum Gasteiger partial charge on any atom is 0.157 e. The molecule has 0 unspecified atom stereocenters. The van der Waals surface area contributed by atoms with E-state index in [9.17, 15) is 0 Å². The summed E-state index contributed by atoms with van der Waals surface area (Å²) < 4.78 is 23.7. The van der Waals surface area contributed by atoms with Crippen LogP contribution in [0.1, 0.15) is 46.6 Å². The van der Waals surface area contributed by atoms with Gasteiger partial charge in [-0.2, -0.15) is 5.10 Å². The minimum absolute atomic E-state index is 0.00191. The van der Waals surface area contributed by atoms with Gasteiger partial charge in [-0.25, -0.2) is 0 Å². The van der Waals surface area contributed by atoms with E-state index in [0.717, 1.165) is 36.7 Å².